The van der Waals surface area contributed by atoms with E-state index >= 15 is 0 Å². The molecule has 1 aromatic carbocycles. The van der Waals surface area contributed by atoms with Gasteiger partial charge in [0, 0.05) is 36.2 Å². The second-order valence-electron chi connectivity index (χ2n) is 7.59. The number of hydrogen-bond donors (Lipinski definition) is 6. The lowest BCUT2D eigenvalue weighted by Crippen LogP contribution is -2.42. The Hall–Kier alpha value is -3.11. The molecule has 0 bridgehead atoms. The summed E-state index contributed by atoms with van der Waals surface area (Å²) < 4.78 is 5.67. The van der Waals surface area contributed by atoms with E-state index in [4.69, 9.17) is 14.9 Å². The maximum absolute atomic E-state index is 11.4. The summed E-state index contributed by atoms with van der Waals surface area (Å²) in [6, 6.07) is 3.15. The van der Waals surface area contributed by atoms with E-state index in [1.165, 1.54) is 6.07 Å². The zero-order valence-corrected chi connectivity index (χ0v) is 17.1. The van der Waals surface area contributed by atoms with E-state index in [2.05, 4.69) is 10.6 Å². The highest BCUT2D eigenvalue weighted by atomic mass is 16.5. The maximum atomic E-state index is 11.4. The van der Waals surface area contributed by atoms with Gasteiger partial charge in [0.15, 0.2) is 0 Å². The molecule has 10 nitrogen and oxygen atoms in total. The Kier molecular flexibility index (Phi) is 9.28. The number of rotatable bonds is 7. The topological polar surface area (TPSA) is 165 Å². The molecule has 0 aliphatic carbocycles. The molecule has 1 atom stereocenters. The fraction of sp³-hybridized carbons (Fsp3) is 0.450. The standard InChI is InChI=1S/C16H24N2O4.C4H4O4/c1-16(2,3)17-8-10(19)9-22-13-6-5-12(20)15-11(13)4-7-14(21)18-15;5-3(6)1-2-4(7)8/h5-6,10,17,19-20H,4,7-9H2,1-3H3,(H,18,21);1-2H,(H,5,6)(H,7,8)/b;2-1-. The molecule has 1 aromatic rings. The van der Waals surface area contributed by atoms with Crippen LogP contribution in [0.1, 0.15) is 32.8 Å². The van der Waals surface area contributed by atoms with Gasteiger partial charge in [-0.1, -0.05) is 0 Å². The number of carboxylic acids is 2. The first-order valence-corrected chi connectivity index (χ1v) is 9.23. The number of carboxylic acid groups (broad SMARTS) is 2. The van der Waals surface area contributed by atoms with Gasteiger partial charge in [0.05, 0.1) is 5.69 Å². The third kappa shape index (κ3) is 9.39. The number of nitrogens with one attached hydrogen (secondary N) is 2. The van der Waals surface area contributed by atoms with Crippen LogP contribution in [0.25, 0.3) is 0 Å². The van der Waals surface area contributed by atoms with Crippen molar-refractivity contribution >= 4 is 23.5 Å². The Bertz CT molecular complexity index is 783. The van der Waals surface area contributed by atoms with Crippen LogP contribution in [0.2, 0.25) is 0 Å². The number of carbonyl (C=O) groups is 3. The largest absolute Gasteiger partial charge is 0.506 e. The lowest BCUT2D eigenvalue weighted by molar-refractivity contribution is -0.134. The predicted molar refractivity (Wildman–Crippen MR) is 109 cm³/mol. The number of aliphatic carboxylic acids is 2. The Morgan fingerprint density at radius 3 is 2.33 bits per heavy atom. The quantitative estimate of drug-likeness (QED) is 0.278. The van der Waals surface area contributed by atoms with Crippen molar-refractivity contribution in [2.45, 2.75) is 45.3 Å². The number of benzene rings is 1. The summed E-state index contributed by atoms with van der Waals surface area (Å²) in [7, 11) is 0. The third-order valence-electron chi connectivity index (χ3n) is 3.78. The molecule has 30 heavy (non-hydrogen) atoms. The fourth-order valence-corrected chi connectivity index (χ4v) is 2.39. The molecule has 10 heteroatoms. The minimum absolute atomic E-state index is 0.0327. The molecular formula is C20H28N2O8. The number of β-amino-alcohol motifs (C(OH)–C–C–N with tert-alkyl or cyclic N) is 1. The average Bonchev–Trinajstić information content (AvgIpc) is 2.64. The van der Waals surface area contributed by atoms with Crippen LogP contribution in [-0.2, 0) is 20.8 Å². The van der Waals surface area contributed by atoms with Crippen LogP contribution in [-0.4, -0.2) is 63.1 Å². The van der Waals surface area contributed by atoms with Gasteiger partial charge in [-0.2, -0.15) is 0 Å². The number of hydrogen-bond acceptors (Lipinski definition) is 7. The molecule has 0 saturated carbocycles. The minimum atomic E-state index is -1.26. The molecule has 1 amide bonds. The number of anilines is 1. The molecule has 0 saturated heterocycles. The van der Waals surface area contributed by atoms with Crippen LogP contribution in [0.5, 0.6) is 11.5 Å². The van der Waals surface area contributed by atoms with Crippen LogP contribution >= 0.6 is 0 Å². The predicted octanol–water partition coefficient (Wildman–Crippen LogP) is 1.12. The second-order valence-corrected chi connectivity index (χ2v) is 7.59. The summed E-state index contributed by atoms with van der Waals surface area (Å²) >= 11 is 0. The normalized spacial score (nSPS) is 14.2. The Balaban J connectivity index is 0.000000479. The van der Waals surface area contributed by atoms with Crippen molar-refractivity contribution in [1.29, 1.82) is 0 Å². The molecule has 2 rings (SSSR count). The Morgan fingerprint density at radius 1 is 1.20 bits per heavy atom. The molecule has 0 fully saturated rings. The summed E-state index contributed by atoms with van der Waals surface area (Å²) in [5.74, 6) is -2.01. The molecular weight excluding hydrogens is 396 g/mol. The molecule has 166 valence electrons. The number of aliphatic hydroxyl groups excluding tert-OH is 1. The van der Waals surface area contributed by atoms with E-state index < -0.39 is 18.0 Å². The van der Waals surface area contributed by atoms with Gasteiger partial charge in [-0.15, -0.1) is 0 Å². The highest BCUT2D eigenvalue weighted by molar-refractivity contribution is 5.96. The number of phenols is 1. The van der Waals surface area contributed by atoms with Gasteiger partial charge >= 0.3 is 11.9 Å². The van der Waals surface area contributed by atoms with E-state index in [1.807, 2.05) is 20.8 Å². The lowest BCUT2D eigenvalue weighted by atomic mass is 10.0. The average molecular weight is 424 g/mol. The molecule has 0 aromatic heterocycles. The molecule has 1 aliphatic heterocycles. The number of aromatic hydroxyl groups is 1. The summed E-state index contributed by atoms with van der Waals surface area (Å²) in [6.45, 7) is 6.66. The van der Waals surface area contributed by atoms with Gasteiger partial charge in [0.1, 0.15) is 24.2 Å². The SMILES string of the molecule is CC(C)(C)NCC(O)COc1ccc(O)c2c1CCC(=O)N2.O=C(O)/C=C\C(=O)O. The van der Waals surface area contributed by atoms with Crippen molar-refractivity contribution < 1.29 is 39.5 Å². The van der Waals surface area contributed by atoms with Gasteiger partial charge in [0.25, 0.3) is 0 Å². The van der Waals surface area contributed by atoms with Crippen LogP contribution < -0.4 is 15.4 Å². The zero-order valence-electron chi connectivity index (χ0n) is 17.1. The Morgan fingerprint density at radius 2 is 1.80 bits per heavy atom. The number of carbonyl (C=O) groups excluding carboxylic acids is 1. The third-order valence-corrected chi connectivity index (χ3v) is 3.78. The van der Waals surface area contributed by atoms with Crippen LogP contribution in [0, 0.1) is 0 Å². The van der Waals surface area contributed by atoms with Gasteiger partial charge in [0.2, 0.25) is 5.91 Å². The zero-order chi connectivity index (χ0) is 22.9. The smallest absolute Gasteiger partial charge is 0.328 e. The molecule has 1 heterocycles. The van der Waals surface area contributed by atoms with E-state index in [0.29, 0.717) is 43.0 Å². The van der Waals surface area contributed by atoms with E-state index in [1.54, 1.807) is 6.07 Å². The van der Waals surface area contributed by atoms with Gasteiger partial charge in [-0.25, -0.2) is 9.59 Å². The van der Waals surface area contributed by atoms with Crippen LogP contribution in [0.15, 0.2) is 24.3 Å². The van der Waals surface area contributed by atoms with Gasteiger partial charge in [-0.05, 0) is 39.3 Å². The molecule has 1 aliphatic rings. The Labute approximate surface area is 174 Å². The van der Waals surface area contributed by atoms with Crippen molar-refractivity contribution in [3.05, 3.63) is 29.8 Å². The summed E-state index contributed by atoms with van der Waals surface area (Å²) in [6.07, 6.45) is 1.36. The van der Waals surface area contributed by atoms with Crippen molar-refractivity contribution in [3.8, 4) is 11.5 Å². The number of aliphatic hydroxyl groups is 1. The first-order chi connectivity index (χ1) is 13.9. The van der Waals surface area contributed by atoms with Crippen molar-refractivity contribution in [2.75, 3.05) is 18.5 Å². The lowest BCUT2D eigenvalue weighted by Gasteiger charge is -2.24. The van der Waals surface area contributed by atoms with Crippen molar-refractivity contribution in [3.63, 3.8) is 0 Å². The first-order valence-electron chi connectivity index (χ1n) is 9.23. The molecule has 0 spiro atoms. The summed E-state index contributed by atoms with van der Waals surface area (Å²) in [5, 5.41) is 41.3. The maximum Gasteiger partial charge on any atom is 0.328 e. The number of phenolic OH excluding ortho intramolecular Hbond substituents is 1. The summed E-state index contributed by atoms with van der Waals surface area (Å²) in [5.41, 5.74) is 1.12. The molecule has 6 N–H and O–H groups in total. The second kappa shape index (κ2) is 11.2. The van der Waals surface area contributed by atoms with Gasteiger partial charge in [-0.3, -0.25) is 4.79 Å². The monoisotopic (exact) mass is 424 g/mol. The number of amides is 1. The van der Waals surface area contributed by atoms with Crippen LogP contribution in [0.3, 0.4) is 0 Å². The first kappa shape index (κ1) is 24.9. The van der Waals surface area contributed by atoms with E-state index in [-0.39, 0.29) is 23.8 Å². The minimum Gasteiger partial charge on any atom is -0.506 e. The highest BCUT2D eigenvalue weighted by Gasteiger charge is 2.22. The molecule has 1 unspecified atom stereocenters. The van der Waals surface area contributed by atoms with Crippen molar-refractivity contribution in [1.82, 2.24) is 5.32 Å². The highest BCUT2D eigenvalue weighted by Crippen LogP contribution is 2.38. The van der Waals surface area contributed by atoms with Crippen LogP contribution in [0.4, 0.5) is 5.69 Å². The fourth-order valence-electron chi connectivity index (χ4n) is 2.39. The van der Waals surface area contributed by atoms with Crippen molar-refractivity contribution in [2.24, 2.45) is 0 Å². The summed E-state index contributed by atoms with van der Waals surface area (Å²) in [4.78, 5) is 30.5. The van der Waals surface area contributed by atoms with E-state index in [0.717, 1.165) is 5.56 Å². The van der Waals surface area contributed by atoms with E-state index in [9.17, 15) is 24.6 Å². The number of ether oxygens (including phenoxy) is 1. The molecule has 0 radical (unpaired) electrons. The van der Waals surface area contributed by atoms with Gasteiger partial charge < -0.3 is 35.8 Å². The number of fused-ring (bicyclic) bond motifs is 1.